The summed E-state index contributed by atoms with van der Waals surface area (Å²) in [7, 11) is -3.31. The van der Waals surface area contributed by atoms with Gasteiger partial charge in [0.1, 0.15) is 11.0 Å². The van der Waals surface area contributed by atoms with E-state index >= 15 is 0 Å². The first-order valence-electron chi connectivity index (χ1n) is 5.40. The predicted molar refractivity (Wildman–Crippen MR) is 69.1 cm³/mol. The molecule has 0 aliphatic heterocycles. The predicted octanol–water partition coefficient (Wildman–Crippen LogP) is 1.13. The van der Waals surface area contributed by atoms with Crippen LogP contribution in [0.2, 0.25) is 0 Å². The fourth-order valence-electron chi connectivity index (χ4n) is 1.43. The molecule has 0 aliphatic rings. The monoisotopic (exact) mass is 283 g/mol. The van der Waals surface area contributed by atoms with E-state index < -0.39 is 15.1 Å². The number of hydrogen-bond acceptors (Lipinski definition) is 7. The minimum absolute atomic E-state index is 0.0444. The van der Waals surface area contributed by atoms with Gasteiger partial charge in [0.05, 0.1) is 5.56 Å². The number of sulfone groups is 1. The summed E-state index contributed by atoms with van der Waals surface area (Å²) in [6.07, 6.45) is 1.09. The molecule has 1 aromatic carbocycles. The number of rotatable bonds is 3. The Bertz CT molecular complexity index is 708. The van der Waals surface area contributed by atoms with Gasteiger partial charge in [-0.1, -0.05) is 5.16 Å². The summed E-state index contributed by atoms with van der Waals surface area (Å²) in [5.41, 5.74) is 6.20. The maximum Gasteiger partial charge on any atom is 0.261 e. The summed E-state index contributed by atoms with van der Waals surface area (Å²) >= 11 is 0. The van der Waals surface area contributed by atoms with Crippen LogP contribution in [0.3, 0.4) is 0 Å². The number of phenolic OH excluding ortho intramolecular Hbond substituents is 1. The van der Waals surface area contributed by atoms with Gasteiger partial charge in [-0.15, -0.1) is 0 Å². The van der Waals surface area contributed by atoms with Crippen molar-refractivity contribution in [3.63, 3.8) is 0 Å². The van der Waals surface area contributed by atoms with Crippen molar-refractivity contribution in [2.75, 3.05) is 12.0 Å². The molecular weight excluding hydrogens is 270 g/mol. The van der Waals surface area contributed by atoms with Crippen molar-refractivity contribution in [1.82, 2.24) is 10.1 Å². The summed E-state index contributed by atoms with van der Waals surface area (Å²) in [4.78, 5) is 3.98. The average Bonchev–Trinajstić information content (AvgIpc) is 2.75. The molecule has 1 heterocycles. The largest absolute Gasteiger partial charge is 0.507 e. The lowest BCUT2D eigenvalue weighted by Crippen LogP contribution is -2.09. The lowest BCUT2D eigenvalue weighted by atomic mass is 10.2. The Morgan fingerprint density at radius 3 is 2.68 bits per heavy atom. The van der Waals surface area contributed by atoms with Gasteiger partial charge < -0.3 is 15.4 Å². The van der Waals surface area contributed by atoms with Crippen LogP contribution in [-0.2, 0) is 9.84 Å². The number of hydrogen-bond donors (Lipinski definition) is 2. The molecule has 3 N–H and O–H groups in total. The average molecular weight is 283 g/mol. The second kappa shape index (κ2) is 4.54. The second-order valence-corrected chi connectivity index (χ2v) is 6.57. The molecule has 1 aromatic heterocycles. The summed E-state index contributed by atoms with van der Waals surface area (Å²) < 4.78 is 27.8. The molecule has 7 nitrogen and oxygen atoms in total. The fraction of sp³-hybridized carbons (Fsp3) is 0.273. The van der Waals surface area contributed by atoms with E-state index in [0.717, 1.165) is 6.26 Å². The Labute approximate surface area is 110 Å². The van der Waals surface area contributed by atoms with Crippen LogP contribution in [0.4, 0.5) is 5.69 Å². The van der Waals surface area contributed by atoms with Crippen molar-refractivity contribution in [2.45, 2.75) is 12.2 Å². The van der Waals surface area contributed by atoms with Crippen LogP contribution in [0.15, 0.2) is 22.7 Å². The van der Waals surface area contributed by atoms with Crippen LogP contribution >= 0.6 is 0 Å². The van der Waals surface area contributed by atoms with Crippen LogP contribution < -0.4 is 5.73 Å². The first kappa shape index (κ1) is 13.3. The number of aromatic hydroxyl groups is 1. The summed E-state index contributed by atoms with van der Waals surface area (Å²) in [6.45, 7) is 1.47. The van der Waals surface area contributed by atoms with E-state index in [1.54, 1.807) is 6.07 Å². The Hall–Kier alpha value is -2.09. The molecular formula is C11H13N3O4S. The lowest BCUT2D eigenvalue weighted by molar-refractivity contribution is 0.417. The first-order chi connectivity index (χ1) is 8.79. The minimum atomic E-state index is -3.31. The second-order valence-electron chi connectivity index (χ2n) is 4.21. The SMILES string of the molecule is CC(c1noc(-c2ccc(N)cc2O)n1)S(C)(=O)=O. The smallest absolute Gasteiger partial charge is 0.261 e. The van der Waals surface area contributed by atoms with Gasteiger partial charge in [0, 0.05) is 18.0 Å². The highest BCUT2D eigenvalue weighted by Gasteiger charge is 2.24. The number of phenols is 1. The molecule has 0 saturated carbocycles. The van der Waals surface area contributed by atoms with Crippen molar-refractivity contribution in [3.05, 3.63) is 24.0 Å². The van der Waals surface area contributed by atoms with Crippen LogP contribution in [0.1, 0.15) is 18.0 Å². The highest BCUT2D eigenvalue weighted by atomic mass is 32.2. The van der Waals surface area contributed by atoms with Crippen molar-refractivity contribution < 1.29 is 18.0 Å². The molecule has 1 unspecified atom stereocenters. The molecule has 0 bridgehead atoms. The molecule has 0 fully saturated rings. The van der Waals surface area contributed by atoms with E-state index in [1.165, 1.54) is 19.1 Å². The van der Waals surface area contributed by atoms with E-state index in [1.807, 2.05) is 0 Å². The van der Waals surface area contributed by atoms with Gasteiger partial charge >= 0.3 is 0 Å². The molecule has 0 amide bonds. The quantitative estimate of drug-likeness (QED) is 0.810. The van der Waals surface area contributed by atoms with Crippen molar-refractivity contribution in [2.24, 2.45) is 0 Å². The Kier molecular flexibility index (Phi) is 3.19. The normalized spacial score (nSPS) is 13.4. The number of nitrogens with zero attached hydrogens (tertiary/aromatic N) is 2. The minimum Gasteiger partial charge on any atom is -0.507 e. The van der Waals surface area contributed by atoms with E-state index in [2.05, 4.69) is 10.1 Å². The van der Waals surface area contributed by atoms with E-state index in [-0.39, 0.29) is 17.5 Å². The van der Waals surface area contributed by atoms with Crippen LogP contribution in [0.25, 0.3) is 11.5 Å². The van der Waals surface area contributed by atoms with Gasteiger partial charge in [0.25, 0.3) is 5.89 Å². The number of nitrogens with two attached hydrogens (primary N) is 1. The van der Waals surface area contributed by atoms with Gasteiger partial charge in [0.15, 0.2) is 15.7 Å². The van der Waals surface area contributed by atoms with Crippen LogP contribution in [-0.4, -0.2) is 29.9 Å². The Morgan fingerprint density at radius 1 is 1.42 bits per heavy atom. The van der Waals surface area contributed by atoms with Gasteiger partial charge in [-0.2, -0.15) is 4.98 Å². The molecule has 2 aromatic rings. The molecule has 19 heavy (non-hydrogen) atoms. The van der Waals surface area contributed by atoms with Gasteiger partial charge in [0.2, 0.25) is 0 Å². The molecule has 1 atom stereocenters. The van der Waals surface area contributed by atoms with Gasteiger partial charge in [-0.25, -0.2) is 8.42 Å². The standard InChI is InChI=1S/C11H13N3O4S/c1-6(19(2,16)17)10-13-11(18-14-10)8-4-3-7(12)5-9(8)15/h3-6,15H,12H2,1-2H3. The third kappa shape index (κ3) is 2.68. The maximum absolute atomic E-state index is 11.4. The number of anilines is 1. The number of benzene rings is 1. The van der Waals surface area contributed by atoms with Crippen molar-refractivity contribution in [3.8, 4) is 17.2 Å². The zero-order valence-corrected chi connectivity index (χ0v) is 11.2. The topological polar surface area (TPSA) is 119 Å². The molecule has 8 heteroatoms. The maximum atomic E-state index is 11.4. The number of nitrogen functional groups attached to an aromatic ring is 1. The highest BCUT2D eigenvalue weighted by molar-refractivity contribution is 7.90. The van der Waals surface area contributed by atoms with Crippen molar-refractivity contribution in [1.29, 1.82) is 0 Å². The lowest BCUT2D eigenvalue weighted by Gasteiger charge is -2.02. The van der Waals surface area contributed by atoms with Gasteiger partial charge in [-0.3, -0.25) is 0 Å². The molecule has 0 radical (unpaired) electrons. The highest BCUT2D eigenvalue weighted by Crippen LogP contribution is 2.30. The fourth-order valence-corrected chi connectivity index (χ4v) is 1.91. The molecule has 0 spiro atoms. The van der Waals surface area contributed by atoms with E-state index in [9.17, 15) is 13.5 Å². The first-order valence-corrected chi connectivity index (χ1v) is 7.36. The zero-order chi connectivity index (χ0) is 14.2. The molecule has 0 aliphatic carbocycles. The molecule has 102 valence electrons. The third-order valence-electron chi connectivity index (χ3n) is 2.70. The molecule has 0 saturated heterocycles. The summed E-state index contributed by atoms with van der Waals surface area (Å²) in [5.74, 6) is -0.0149. The van der Waals surface area contributed by atoms with Crippen molar-refractivity contribution >= 4 is 15.5 Å². The van der Waals surface area contributed by atoms with Crippen LogP contribution in [0.5, 0.6) is 5.75 Å². The van der Waals surface area contributed by atoms with E-state index in [0.29, 0.717) is 11.3 Å². The van der Waals surface area contributed by atoms with Crippen LogP contribution in [0, 0.1) is 0 Å². The zero-order valence-electron chi connectivity index (χ0n) is 10.4. The summed E-state index contributed by atoms with van der Waals surface area (Å²) in [6, 6.07) is 4.44. The van der Waals surface area contributed by atoms with Gasteiger partial charge in [-0.05, 0) is 19.1 Å². The molecule has 2 rings (SSSR count). The summed E-state index contributed by atoms with van der Waals surface area (Å²) in [5, 5.41) is 12.5. The van der Waals surface area contributed by atoms with E-state index in [4.69, 9.17) is 10.3 Å². The number of aromatic nitrogens is 2. The Balaban J connectivity index is 2.41. The third-order valence-corrected chi connectivity index (χ3v) is 4.20. The Morgan fingerprint density at radius 2 is 2.11 bits per heavy atom.